The van der Waals surface area contributed by atoms with Crippen LogP contribution in [0.15, 0.2) is 10.5 Å². The number of carbonyl (C=O) groups is 1. The van der Waals surface area contributed by atoms with Crippen molar-refractivity contribution in [2.45, 2.75) is 12.8 Å². The topological polar surface area (TPSA) is 50.8 Å². The molecule has 2 heterocycles. The number of hydrogen-bond donors (Lipinski definition) is 1. The third-order valence-electron chi connectivity index (χ3n) is 3.97. The minimum absolute atomic E-state index is 0.0156. The first-order valence-electron chi connectivity index (χ1n) is 7.19. The first-order valence-corrected chi connectivity index (χ1v) is 7.98. The predicted molar refractivity (Wildman–Crippen MR) is 84.1 cm³/mol. The van der Waals surface area contributed by atoms with Crippen LogP contribution in [0.5, 0.6) is 5.75 Å². The Kier molecular flexibility index (Phi) is 4.47. The van der Waals surface area contributed by atoms with Gasteiger partial charge < -0.3 is 19.7 Å². The van der Waals surface area contributed by atoms with Crippen molar-refractivity contribution in [2.24, 2.45) is 0 Å². The van der Waals surface area contributed by atoms with Crippen molar-refractivity contribution in [2.75, 3.05) is 44.9 Å². The number of nitrogens with one attached hydrogen (secondary N) is 1. The molecular weight excluding hydrogens is 336 g/mol. The van der Waals surface area contributed by atoms with E-state index in [1.165, 1.54) is 11.1 Å². The number of ether oxygens (including phenoxy) is 2. The third-order valence-corrected chi connectivity index (χ3v) is 4.81. The lowest BCUT2D eigenvalue weighted by molar-refractivity contribution is -0.121. The quantitative estimate of drug-likeness (QED) is 0.893. The third kappa shape index (κ3) is 2.80. The molecule has 0 fully saturated rings. The Morgan fingerprint density at radius 2 is 2.24 bits per heavy atom. The fraction of sp³-hybridized carbons (Fsp3) is 0.533. The Morgan fingerprint density at radius 1 is 1.43 bits per heavy atom. The van der Waals surface area contributed by atoms with Gasteiger partial charge in [0.2, 0.25) is 0 Å². The number of carbonyl (C=O) groups excluding carboxylic acids is 1. The molecule has 0 radical (unpaired) electrons. The zero-order valence-electron chi connectivity index (χ0n) is 12.1. The molecule has 0 saturated heterocycles. The lowest BCUT2D eigenvalue weighted by atomic mass is 10.0. The van der Waals surface area contributed by atoms with E-state index in [-0.39, 0.29) is 12.5 Å². The molecule has 2 aliphatic heterocycles. The van der Waals surface area contributed by atoms with Crippen molar-refractivity contribution in [3.63, 3.8) is 0 Å². The van der Waals surface area contributed by atoms with Gasteiger partial charge in [0.25, 0.3) is 5.91 Å². The van der Waals surface area contributed by atoms with E-state index in [4.69, 9.17) is 9.47 Å². The summed E-state index contributed by atoms with van der Waals surface area (Å²) in [4.78, 5) is 13.9. The molecule has 5 nitrogen and oxygen atoms in total. The largest absolute Gasteiger partial charge is 0.480 e. The number of benzene rings is 1. The summed E-state index contributed by atoms with van der Waals surface area (Å²) >= 11 is 3.68. The summed E-state index contributed by atoms with van der Waals surface area (Å²) in [6, 6.07) is 2.11. The normalized spacial score (nSPS) is 17.8. The Hall–Kier alpha value is -1.11. The Balaban J connectivity index is 2.04. The summed E-state index contributed by atoms with van der Waals surface area (Å²) in [6.45, 7) is 3.09. The van der Waals surface area contributed by atoms with Crippen LogP contribution in [0.4, 0.5) is 5.69 Å². The number of rotatable bonds is 3. The van der Waals surface area contributed by atoms with Gasteiger partial charge in [-0.15, -0.1) is 0 Å². The van der Waals surface area contributed by atoms with E-state index in [9.17, 15) is 4.79 Å². The number of anilines is 1. The van der Waals surface area contributed by atoms with Crippen molar-refractivity contribution in [1.29, 1.82) is 0 Å². The number of nitrogens with zero attached hydrogens (tertiary/aromatic N) is 1. The van der Waals surface area contributed by atoms with Crippen molar-refractivity contribution in [1.82, 2.24) is 5.32 Å². The predicted octanol–water partition coefficient (Wildman–Crippen LogP) is 1.51. The van der Waals surface area contributed by atoms with Gasteiger partial charge in [-0.3, -0.25) is 4.79 Å². The van der Waals surface area contributed by atoms with Crippen LogP contribution >= 0.6 is 15.9 Å². The van der Waals surface area contributed by atoms with Crippen molar-refractivity contribution >= 4 is 27.5 Å². The summed E-state index contributed by atoms with van der Waals surface area (Å²) in [6.07, 6.45) is 1.94. The number of amides is 1. The van der Waals surface area contributed by atoms with E-state index < -0.39 is 0 Å². The van der Waals surface area contributed by atoms with Crippen LogP contribution in [0.3, 0.4) is 0 Å². The molecule has 0 saturated carbocycles. The highest BCUT2D eigenvalue weighted by molar-refractivity contribution is 9.10. The number of hydrogen-bond acceptors (Lipinski definition) is 4. The SMILES string of the molecule is COCCN1C(=O)COc2c1cc1c(c2Br)CCNCC1. The fourth-order valence-corrected chi connectivity index (χ4v) is 3.65. The summed E-state index contributed by atoms with van der Waals surface area (Å²) in [5.74, 6) is 0.768. The molecule has 0 atom stereocenters. The molecule has 0 aromatic heterocycles. The van der Waals surface area contributed by atoms with Crippen LogP contribution < -0.4 is 15.0 Å². The van der Waals surface area contributed by atoms with Gasteiger partial charge >= 0.3 is 0 Å². The lowest BCUT2D eigenvalue weighted by Gasteiger charge is -2.31. The van der Waals surface area contributed by atoms with Crippen molar-refractivity contribution in [3.05, 3.63) is 21.7 Å². The molecule has 1 aromatic carbocycles. The number of halogens is 1. The maximum absolute atomic E-state index is 12.1. The monoisotopic (exact) mass is 354 g/mol. The smallest absolute Gasteiger partial charge is 0.265 e. The first-order chi connectivity index (χ1) is 10.2. The molecule has 114 valence electrons. The summed E-state index contributed by atoms with van der Waals surface area (Å²) in [7, 11) is 1.64. The Bertz CT molecular complexity index is 562. The van der Waals surface area contributed by atoms with E-state index in [0.29, 0.717) is 13.2 Å². The summed E-state index contributed by atoms with van der Waals surface area (Å²) < 4.78 is 11.8. The highest BCUT2D eigenvalue weighted by Crippen LogP contribution is 2.43. The average Bonchev–Trinajstić information content (AvgIpc) is 2.72. The van der Waals surface area contributed by atoms with Gasteiger partial charge in [0.15, 0.2) is 12.4 Å². The van der Waals surface area contributed by atoms with Crippen LogP contribution in [-0.4, -0.2) is 45.9 Å². The Labute approximate surface area is 132 Å². The van der Waals surface area contributed by atoms with Gasteiger partial charge in [-0.25, -0.2) is 0 Å². The fourth-order valence-electron chi connectivity index (χ4n) is 2.87. The first kappa shape index (κ1) is 14.8. The minimum Gasteiger partial charge on any atom is -0.480 e. The molecule has 0 bridgehead atoms. The Morgan fingerprint density at radius 3 is 3.05 bits per heavy atom. The molecule has 3 rings (SSSR count). The highest BCUT2D eigenvalue weighted by atomic mass is 79.9. The standard InChI is InChI=1S/C15H19BrN2O3/c1-20-7-6-18-12-8-10-2-4-17-5-3-11(10)14(16)15(12)21-9-13(18)19/h8,17H,2-7,9H2,1H3. The van der Waals surface area contributed by atoms with Crippen molar-refractivity contribution < 1.29 is 14.3 Å². The van der Waals surface area contributed by atoms with E-state index in [2.05, 4.69) is 27.3 Å². The van der Waals surface area contributed by atoms with Crippen LogP contribution in [0.1, 0.15) is 11.1 Å². The van der Waals surface area contributed by atoms with Crippen LogP contribution in [0.25, 0.3) is 0 Å². The maximum Gasteiger partial charge on any atom is 0.265 e. The van der Waals surface area contributed by atoms with Crippen LogP contribution in [0.2, 0.25) is 0 Å². The molecule has 2 aliphatic rings. The lowest BCUT2D eigenvalue weighted by Crippen LogP contribution is -2.41. The van der Waals surface area contributed by atoms with Crippen molar-refractivity contribution in [3.8, 4) is 5.75 Å². The van der Waals surface area contributed by atoms with Gasteiger partial charge in [0.1, 0.15) is 0 Å². The summed E-state index contributed by atoms with van der Waals surface area (Å²) in [5.41, 5.74) is 3.43. The van der Waals surface area contributed by atoms with E-state index in [1.807, 2.05) is 0 Å². The molecule has 0 unspecified atom stereocenters. The summed E-state index contributed by atoms with van der Waals surface area (Å²) in [5, 5.41) is 3.40. The second-order valence-electron chi connectivity index (χ2n) is 5.25. The van der Waals surface area contributed by atoms with Gasteiger partial charge in [0, 0.05) is 13.7 Å². The van der Waals surface area contributed by atoms with E-state index in [1.54, 1.807) is 12.0 Å². The maximum atomic E-state index is 12.1. The molecule has 1 aromatic rings. The molecule has 1 amide bonds. The molecule has 0 spiro atoms. The highest BCUT2D eigenvalue weighted by Gasteiger charge is 2.29. The average molecular weight is 355 g/mol. The van der Waals surface area contributed by atoms with Gasteiger partial charge in [0.05, 0.1) is 16.8 Å². The van der Waals surface area contributed by atoms with Gasteiger partial charge in [-0.05, 0) is 59.1 Å². The molecule has 0 aliphatic carbocycles. The molecule has 1 N–H and O–H groups in total. The number of methoxy groups -OCH3 is 1. The zero-order chi connectivity index (χ0) is 14.8. The van der Waals surface area contributed by atoms with E-state index >= 15 is 0 Å². The van der Waals surface area contributed by atoms with Crippen LogP contribution in [-0.2, 0) is 22.4 Å². The van der Waals surface area contributed by atoms with Gasteiger partial charge in [-0.1, -0.05) is 0 Å². The number of fused-ring (bicyclic) bond motifs is 2. The van der Waals surface area contributed by atoms with Gasteiger partial charge in [-0.2, -0.15) is 0 Å². The van der Waals surface area contributed by atoms with E-state index in [0.717, 1.165) is 41.8 Å². The molecule has 6 heteroatoms. The second-order valence-corrected chi connectivity index (χ2v) is 6.05. The molecule has 21 heavy (non-hydrogen) atoms. The molecular formula is C15H19BrN2O3. The zero-order valence-corrected chi connectivity index (χ0v) is 13.7. The van der Waals surface area contributed by atoms with Crippen LogP contribution in [0, 0.1) is 0 Å². The minimum atomic E-state index is -0.0156. The second kappa shape index (κ2) is 6.34.